The number of amidine groups is 1. The number of thiazole rings is 1. The van der Waals surface area contributed by atoms with Crippen molar-refractivity contribution in [3.8, 4) is 0 Å². The summed E-state index contributed by atoms with van der Waals surface area (Å²) in [5.74, 6) is 0.0929. The normalized spacial score (nSPS) is 13.7. The molecule has 3 aromatic carbocycles. The molecular formula is C27H24N4O2S. The highest BCUT2D eigenvalue weighted by Gasteiger charge is 2.31. The number of anilines is 1. The van der Waals surface area contributed by atoms with Crippen LogP contribution >= 0.6 is 11.3 Å². The fourth-order valence-electron chi connectivity index (χ4n) is 4.00. The highest BCUT2D eigenvalue weighted by Crippen LogP contribution is 2.35. The molecule has 1 aromatic heterocycles. The Bertz CT molecular complexity index is 1390. The van der Waals surface area contributed by atoms with Gasteiger partial charge in [-0.2, -0.15) is 0 Å². The molecule has 4 aromatic rings. The molecule has 6 nitrogen and oxygen atoms in total. The molecule has 0 saturated carbocycles. The first kappa shape index (κ1) is 21.9. The number of para-hydroxylation sites is 1. The van der Waals surface area contributed by atoms with Crippen molar-refractivity contribution in [1.82, 2.24) is 10.3 Å². The topological polar surface area (TPSA) is 89.3 Å². The Morgan fingerprint density at radius 1 is 1.09 bits per heavy atom. The largest absolute Gasteiger partial charge is 0.510 e. The minimum Gasteiger partial charge on any atom is -0.510 e. The summed E-state index contributed by atoms with van der Waals surface area (Å²) < 4.78 is 1.01. The Hall–Kier alpha value is -3.97. The number of aliphatic hydroxyl groups excluding tert-OH is 1. The first-order chi connectivity index (χ1) is 16.5. The summed E-state index contributed by atoms with van der Waals surface area (Å²) >= 11 is 1.45. The molecule has 1 aliphatic rings. The number of benzene rings is 3. The van der Waals surface area contributed by atoms with E-state index in [0.29, 0.717) is 28.4 Å². The van der Waals surface area contributed by atoms with Gasteiger partial charge in [0.15, 0.2) is 0 Å². The lowest BCUT2D eigenvalue weighted by molar-refractivity contribution is 0.0951. The number of nitrogens with one attached hydrogen (secondary N) is 2. The van der Waals surface area contributed by atoms with Crippen LogP contribution in [0.3, 0.4) is 0 Å². The Balaban J connectivity index is 1.32. The zero-order chi connectivity index (χ0) is 23.7. The molecule has 1 aliphatic heterocycles. The molecule has 0 bridgehead atoms. The van der Waals surface area contributed by atoms with Crippen LogP contribution in [-0.2, 0) is 13.0 Å². The van der Waals surface area contributed by atoms with Gasteiger partial charge in [0.1, 0.15) is 16.6 Å². The number of hydrogen-bond acceptors (Lipinski definition) is 5. The number of hydrogen-bond donors (Lipinski definition) is 3. The van der Waals surface area contributed by atoms with Crippen molar-refractivity contribution in [3.63, 3.8) is 0 Å². The molecule has 0 fully saturated rings. The highest BCUT2D eigenvalue weighted by atomic mass is 32.1. The van der Waals surface area contributed by atoms with E-state index in [9.17, 15) is 9.90 Å². The Kier molecular flexibility index (Phi) is 5.86. The second-order valence-electron chi connectivity index (χ2n) is 8.15. The van der Waals surface area contributed by atoms with Gasteiger partial charge < -0.3 is 15.3 Å². The SMILES string of the molecule is CCc1ccc(CNC(=O)c2cccc(N3CC(O)=C(c4nc5ccccc5s4)C3=N)c2)cc1. The van der Waals surface area contributed by atoms with Gasteiger partial charge in [0.2, 0.25) is 0 Å². The van der Waals surface area contributed by atoms with Gasteiger partial charge in [-0.15, -0.1) is 11.3 Å². The van der Waals surface area contributed by atoms with Gasteiger partial charge in [0.25, 0.3) is 5.91 Å². The third-order valence-corrected chi connectivity index (χ3v) is 6.97. The zero-order valence-electron chi connectivity index (χ0n) is 18.7. The standard InChI is InChI=1S/C27H24N4O2S/c1-2-17-10-12-18(13-11-17)15-29-26(33)19-6-5-7-20(14-19)31-16-22(32)24(25(31)28)27-30-21-8-3-4-9-23(21)34-27/h3-14,28,32H,2,15-16H2,1H3,(H,29,33). The number of nitrogens with zero attached hydrogens (tertiary/aromatic N) is 2. The maximum Gasteiger partial charge on any atom is 0.251 e. The van der Waals surface area contributed by atoms with Crippen LogP contribution in [0.15, 0.2) is 78.6 Å². The summed E-state index contributed by atoms with van der Waals surface area (Å²) in [7, 11) is 0. The lowest BCUT2D eigenvalue weighted by Gasteiger charge is -2.19. The first-order valence-electron chi connectivity index (χ1n) is 11.1. The molecule has 0 unspecified atom stereocenters. The van der Waals surface area contributed by atoms with Crippen molar-refractivity contribution in [3.05, 3.63) is 100 Å². The van der Waals surface area contributed by atoms with Crippen LogP contribution in [0.5, 0.6) is 0 Å². The number of aliphatic hydroxyl groups is 1. The quantitative estimate of drug-likeness (QED) is 0.346. The van der Waals surface area contributed by atoms with E-state index in [0.717, 1.165) is 22.2 Å². The summed E-state index contributed by atoms with van der Waals surface area (Å²) in [6.07, 6.45) is 0.982. The molecule has 1 amide bonds. The Morgan fingerprint density at radius 2 is 1.85 bits per heavy atom. The minimum atomic E-state index is -0.185. The second kappa shape index (κ2) is 9.11. The van der Waals surface area contributed by atoms with E-state index in [1.54, 1.807) is 23.1 Å². The monoisotopic (exact) mass is 468 g/mol. The highest BCUT2D eigenvalue weighted by molar-refractivity contribution is 7.19. The summed E-state index contributed by atoms with van der Waals surface area (Å²) in [5.41, 5.74) is 4.76. The van der Waals surface area contributed by atoms with Crippen molar-refractivity contribution < 1.29 is 9.90 Å². The van der Waals surface area contributed by atoms with Crippen LogP contribution in [0.1, 0.15) is 33.4 Å². The number of aromatic nitrogens is 1. The van der Waals surface area contributed by atoms with Crippen molar-refractivity contribution in [2.75, 3.05) is 11.4 Å². The van der Waals surface area contributed by atoms with Crippen LogP contribution in [-0.4, -0.2) is 28.4 Å². The first-order valence-corrected chi connectivity index (χ1v) is 12.0. The number of rotatable bonds is 6. The minimum absolute atomic E-state index is 0.106. The Morgan fingerprint density at radius 3 is 2.62 bits per heavy atom. The fraction of sp³-hybridized carbons (Fsp3) is 0.148. The number of amides is 1. The van der Waals surface area contributed by atoms with E-state index in [2.05, 4.69) is 29.4 Å². The van der Waals surface area contributed by atoms with E-state index < -0.39 is 0 Å². The lowest BCUT2D eigenvalue weighted by Crippen LogP contribution is -2.27. The molecule has 3 N–H and O–H groups in total. The van der Waals surface area contributed by atoms with Gasteiger partial charge in [0, 0.05) is 17.8 Å². The summed E-state index contributed by atoms with van der Waals surface area (Å²) in [4.78, 5) is 19.1. The van der Waals surface area contributed by atoms with Crippen LogP contribution < -0.4 is 10.2 Å². The Labute approximate surface area is 201 Å². The molecular weight excluding hydrogens is 444 g/mol. The number of aryl methyl sites for hydroxylation is 1. The van der Waals surface area contributed by atoms with Gasteiger partial charge in [-0.25, -0.2) is 4.98 Å². The van der Waals surface area contributed by atoms with Crippen molar-refractivity contribution >= 4 is 44.6 Å². The predicted molar refractivity (Wildman–Crippen MR) is 138 cm³/mol. The third kappa shape index (κ3) is 4.18. The van der Waals surface area contributed by atoms with E-state index in [1.807, 2.05) is 42.5 Å². The molecule has 0 atom stereocenters. The molecule has 5 rings (SSSR count). The second-order valence-corrected chi connectivity index (χ2v) is 9.18. The van der Waals surface area contributed by atoms with Gasteiger partial charge in [0.05, 0.1) is 22.3 Å². The van der Waals surface area contributed by atoms with Gasteiger partial charge in [-0.05, 0) is 47.9 Å². The molecule has 2 heterocycles. The van der Waals surface area contributed by atoms with Crippen LogP contribution in [0, 0.1) is 5.41 Å². The van der Waals surface area contributed by atoms with E-state index >= 15 is 0 Å². The van der Waals surface area contributed by atoms with E-state index in [1.165, 1.54) is 16.9 Å². The van der Waals surface area contributed by atoms with Crippen LogP contribution in [0.25, 0.3) is 15.8 Å². The third-order valence-electron chi connectivity index (χ3n) is 5.92. The predicted octanol–water partition coefficient (Wildman–Crippen LogP) is 5.56. The number of carbonyl (C=O) groups excluding carboxylic acids is 1. The maximum absolute atomic E-state index is 12.8. The average molecular weight is 469 g/mol. The molecule has 0 spiro atoms. The van der Waals surface area contributed by atoms with E-state index in [4.69, 9.17) is 5.41 Å². The molecule has 0 aliphatic carbocycles. The van der Waals surface area contributed by atoms with Gasteiger partial charge in [-0.1, -0.05) is 49.4 Å². The fourth-order valence-corrected chi connectivity index (χ4v) is 5.03. The van der Waals surface area contributed by atoms with Crippen molar-refractivity contribution in [2.45, 2.75) is 19.9 Å². The lowest BCUT2D eigenvalue weighted by atomic mass is 10.1. The molecule has 34 heavy (non-hydrogen) atoms. The van der Waals surface area contributed by atoms with Gasteiger partial charge >= 0.3 is 0 Å². The molecule has 0 saturated heterocycles. The van der Waals surface area contributed by atoms with Crippen molar-refractivity contribution in [1.29, 1.82) is 5.41 Å². The van der Waals surface area contributed by atoms with E-state index in [-0.39, 0.29) is 24.0 Å². The van der Waals surface area contributed by atoms with Gasteiger partial charge in [-0.3, -0.25) is 10.2 Å². The average Bonchev–Trinajstić information content (AvgIpc) is 3.42. The molecule has 7 heteroatoms. The number of carbonyl (C=O) groups is 1. The molecule has 0 radical (unpaired) electrons. The summed E-state index contributed by atoms with van der Waals surface area (Å²) in [6, 6.07) is 23.1. The van der Waals surface area contributed by atoms with Crippen LogP contribution in [0.2, 0.25) is 0 Å². The van der Waals surface area contributed by atoms with Crippen LogP contribution in [0.4, 0.5) is 5.69 Å². The van der Waals surface area contributed by atoms with Crippen molar-refractivity contribution in [2.24, 2.45) is 0 Å². The smallest absolute Gasteiger partial charge is 0.251 e. The summed E-state index contributed by atoms with van der Waals surface area (Å²) in [6.45, 7) is 2.72. The maximum atomic E-state index is 12.8. The molecule has 170 valence electrons. The zero-order valence-corrected chi connectivity index (χ0v) is 19.5. The summed E-state index contributed by atoms with van der Waals surface area (Å²) in [5, 5.41) is 23.0. The number of fused-ring (bicyclic) bond motifs is 1.